The predicted octanol–water partition coefficient (Wildman–Crippen LogP) is 1.82. The zero-order valence-electron chi connectivity index (χ0n) is 12.9. The lowest BCUT2D eigenvalue weighted by Crippen LogP contribution is -2.33. The Morgan fingerprint density at radius 1 is 1.00 bits per heavy atom. The van der Waals surface area contributed by atoms with Crippen molar-refractivity contribution in [2.75, 3.05) is 27.9 Å². The second-order valence-corrected chi connectivity index (χ2v) is 4.85. The van der Waals surface area contributed by atoms with Crippen molar-refractivity contribution in [2.24, 2.45) is 5.92 Å². The van der Waals surface area contributed by atoms with Gasteiger partial charge in [-0.05, 0) is 18.9 Å². The first-order valence-electron chi connectivity index (χ1n) is 6.70. The molecule has 2 unspecified atom stereocenters. The molecule has 0 bridgehead atoms. The smallest absolute Gasteiger partial charge is 0.164 e. The number of methoxy groups -OCH3 is 3. The fraction of sp³-hybridized carbons (Fsp3) is 0.600. The molecule has 0 radical (unpaired) electrons. The monoisotopic (exact) mass is 283 g/mol. The van der Waals surface area contributed by atoms with Crippen LogP contribution in [-0.2, 0) is 6.54 Å². The van der Waals surface area contributed by atoms with Crippen LogP contribution in [0.4, 0.5) is 0 Å². The van der Waals surface area contributed by atoms with E-state index in [-0.39, 0.29) is 18.6 Å². The summed E-state index contributed by atoms with van der Waals surface area (Å²) in [5.41, 5.74) is 0.988. The third-order valence-corrected chi connectivity index (χ3v) is 3.54. The quantitative estimate of drug-likeness (QED) is 0.762. The van der Waals surface area contributed by atoms with E-state index in [9.17, 15) is 0 Å². The highest BCUT2D eigenvalue weighted by atomic mass is 16.5. The van der Waals surface area contributed by atoms with E-state index in [1.54, 1.807) is 21.3 Å². The van der Waals surface area contributed by atoms with Crippen LogP contribution in [0.25, 0.3) is 0 Å². The van der Waals surface area contributed by atoms with Crippen LogP contribution in [0.15, 0.2) is 12.1 Å². The van der Waals surface area contributed by atoms with Crippen LogP contribution in [0.5, 0.6) is 17.2 Å². The summed E-state index contributed by atoms with van der Waals surface area (Å²) < 4.78 is 15.9. The van der Waals surface area contributed by atoms with Gasteiger partial charge in [0.1, 0.15) is 5.75 Å². The Balaban J connectivity index is 2.88. The van der Waals surface area contributed by atoms with Crippen molar-refractivity contribution < 1.29 is 19.3 Å². The van der Waals surface area contributed by atoms with Gasteiger partial charge in [0.25, 0.3) is 0 Å². The van der Waals surface area contributed by atoms with Crippen molar-refractivity contribution in [2.45, 2.75) is 26.4 Å². The van der Waals surface area contributed by atoms with E-state index in [1.165, 1.54) is 0 Å². The van der Waals surface area contributed by atoms with Gasteiger partial charge in [-0.2, -0.15) is 0 Å². The second kappa shape index (κ2) is 7.97. The molecule has 0 spiro atoms. The summed E-state index contributed by atoms with van der Waals surface area (Å²) >= 11 is 0. The maximum atomic E-state index is 9.15. The summed E-state index contributed by atoms with van der Waals surface area (Å²) in [4.78, 5) is 0. The van der Waals surface area contributed by atoms with Crippen molar-refractivity contribution >= 4 is 0 Å². The number of aliphatic hydroxyl groups is 1. The highest BCUT2D eigenvalue weighted by Crippen LogP contribution is 2.34. The van der Waals surface area contributed by atoms with Crippen molar-refractivity contribution in [1.29, 1.82) is 0 Å². The number of aliphatic hydroxyl groups excluding tert-OH is 1. The Hall–Kier alpha value is -1.46. The van der Waals surface area contributed by atoms with Crippen molar-refractivity contribution in [1.82, 2.24) is 5.32 Å². The lowest BCUT2D eigenvalue weighted by molar-refractivity contribution is 0.206. The Morgan fingerprint density at radius 3 is 2.05 bits per heavy atom. The largest absolute Gasteiger partial charge is 0.496 e. The van der Waals surface area contributed by atoms with Gasteiger partial charge in [0.2, 0.25) is 0 Å². The van der Waals surface area contributed by atoms with Crippen LogP contribution in [0.1, 0.15) is 19.4 Å². The Bertz CT molecular complexity index is 423. The first kappa shape index (κ1) is 16.6. The van der Waals surface area contributed by atoms with E-state index < -0.39 is 0 Å². The number of benzene rings is 1. The summed E-state index contributed by atoms with van der Waals surface area (Å²) in [5, 5.41) is 12.5. The molecule has 5 nitrogen and oxygen atoms in total. The van der Waals surface area contributed by atoms with Gasteiger partial charge in [-0.3, -0.25) is 0 Å². The van der Waals surface area contributed by atoms with E-state index in [4.69, 9.17) is 19.3 Å². The lowest BCUT2D eigenvalue weighted by Gasteiger charge is -2.21. The minimum absolute atomic E-state index is 0.164. The summed E-state index contributed by atoms with van der Waals surface area (Å²) in [6.07, 6.45) is 0. The zero-order valence-corrected chi connectivity index (χ0v) is 12.9. The summed E-state index contributed by atoms with van der Waals surface area (Å²) in [5.74, 6) is 2.26. The highest BCUT2D eigenvalue weighted by molar-refractivity contribution is 5.50. The van der Waals surface area contributed by atoms with E-state index in [1.807, 2.05) is 26.0 Å². The SMILES string of the molecule is COc1cc(OC)c(OC)cc1CNC(C)C(C)CO. The van der Waals surface area contributed by atoms with Gasteiger partial charge in [0, 0.05) is 30.8 Å². The molecule has 5 heteroatoms. The fourth-order valence-electron chi connectivity index (χ4n) is 1.86. The van der Waals surface area contributed by atoms with Crippen LogP contribution >= 0.6 is 0 Å². The number of hydrogen-bond acceptors (Lipinski definition) is 5. The minimum Gasteiger partial charge on any atom is -0.496 e. The summed E-state index contributed by atoms with van der Waals surface area (Å²) in [6, 6.07) is 3.93. The molecular formula is C15H25NO4. The third-order valence-electron chi connectivity index (χ3n) is 3.54. The standard InChI is InChI=1S/C15H25NO4/c1-10(9-17)11(2)16-8-12-6-14(19-4)15(20-5)7-13(12)18-3/h6-7,10-11,16-17H,8-9H2,1-5H3. The van der Waals surface area contributed by atoms with E-state index in [0.29, 0.717) is 18.0 Å². The van der Waals surface area contributed by atoms with Gasteiger partial charge < -0.3 is 24.6 Å². The Labute approximate surface area is 120 Å². The topological polar surface area (TPSA) is 60.0 Å². The van der Waals surface area contributed by atoms with E-state index in [0.717, 1.165) is 11.3 Å². The highest BCUT2D eigenvalue weighted by Gasteiger charge is 2.14. The number of nitrogens with one attached hydrogen (secondary N) is 1. The molecule has 20 heavy (non-hydrogen) atoms. The lowest BCUT2D eigenvalue weighted by atomic mass is 10.0. The molecule has 0 fully saturated rings. The molecule has 114 valence electrons. The minimum atomic E-state index is 0.164. The van der Waals surface area contributed by atoms with Crippen LogP contribution in [-0.4, -0.2) is 39.1 Å². The first-order valence-corrected chi connectivity index (χ1v) is 6.70. The van der Waals surface area contributed by atoms with Crippen LogP contribution in [0.3, 0.4) is 0 Å². The molecule has 0 aliphatic heterocycles. The molecule has 2 N–H and O–H groups in total. The predicted molar refractivity (Wildman–Crippen MR) is 78.6 cm³/mol. The molecule has 1 aromatic carbocycles. The van der Waals surface area contributed by atoms with Crippen molar-refractivity contribution in [3.05, 3.63) is 17.7 Å². The van der Waals surface area contributed by atoms with Gasteiger partial charge in [0.05, 0.1) is 21.3 Å². The molecule has 0 saturated carbocycles. The first-order chi connectivity index (χ1) is 9.57. The van der Waals surface area contributed by atoms with Crippen LogP contribution < -0.4 is 19.5 Å². The second-order valence-electron chi connectivity index (χ2n) is 4.85. The average molecular weight is 283 g/mol. The third kappa shape index (κ3) is 4.02. The van der Waals surface area contributed by atoms with E-state index in [2.05, 4.69) is 5.32 Å². The van der Waals surface area contributed by atoms with Gasteiger partial charge in [-0.15, -0.1) is 0 Å². The number of hydrogen-bond donors (Lipinski definition) is 2. The van der Waals surface area contributed by atoms with Gasteiger partial charge in [0.15, 0.2) is 11.5 Å². The van der Waals surface area contributed by atoms with Gasteiger partial charge in [-0.1, -0.05) is 6.92 Å². The molecule has 2 atom stereocenters. The van der Waals surface area contributed by atoms with E-state index >= 15 is 0 Å². The molecule has 0 aromatic heterocycles. The van der Waals surface area contributed by atoms with Crippen LogP contribution in [0.2, 0.25) is 0 Å². The normalized spacial score (nSPS) is 13.7. The van der Waals surface area contributed by atoms with Crippen LogP contribution in [0, 0.1) is 5.92 Å². The molecule has 1 rings (SSSR count). The van der Waals surface area contributed by atoms with Gasteiger partial charge in [-0.25, -0.2) is 0 Å². The molecule has 0 heterocycles. The molecule has 0 aliphatic carbocycles. The van der Waals surface area contributed by atoms with Gasteiger partial charge >= 0.3 is 0 Å². The average Bonchev–Trinajstić information content (AvgIpc) is 2.50. The number of ether oxygens (including phenoxy) is 3. The van der Waals surface area contributed by atoms with Crippen molar-refractivity contribution in [3.63, 3.8) is 0 Å². The Kier molecular flexibility index (Phi) is 6.61. The molecule has 1 aromatic rings. The molecule has 0 aliphatic rings. The molecule has 0 amide bonds. The maximum absolute atomic E-state index is 9.15. The number of rotatable bonds is 8. The van der Waals surface area contributed by atoms with Crippen molar-refractivity contribution in [3.8, 4) is 17.2 Å². The Morgan fingerprint density at radius 2 is 1.55 bits per heavy atom. The zero-order chi connectivity index (χ0) is 15.1. The fourth-order valence-corrected chi connectivity index (χ4v) is 1.86. The summed E-state index contributed by atoms with van der Waals surface area (Å²) in [6.45, 7) is 4.85. The summed E-state index contributed by atoms with van der Waals surface area (Å²) in [7, 11) is 4.84. The maximum Gasteiger partial charge on any atom is 0.164 e. The molecule has 0 saturated heterocycles. The molecular weight excluding hydrogens is 258 g/mol.